The lowest BCUT2D eigenvalue weighted by atomic mass is 9.58. The molecular formula is C18H24N2O3. The molecule has 0 aromatic heterocycles. The number of hydrogen-bond acceptors (Lipinski definition) is 5. The van der Waals surface area contributed by atoms with Crippen LogP contribution in [0.15, 0.2) is 24.3 Å². The SMILES string of the molecule is N#Cc1ccc(CN2CCC3(CC2)[C@@H](O)C[C@H]3OCCO)cc1. The molecule has 2 N–H and O–H groups in total. The van der Waals surface area contributed by atoms with Crippen LogP contribution in [0.3, 0.4) is 0 Å². The Morgan fingerprint density at radius 1 is 1.26 bits per heavy atom. The molecule has 1 aromatic carbocycles. The Bertz CT molecular complexity index is 559. The van der Waals surface area contributed by atoms with E-state index in [2.05, 4.69) is 11.0 Å². The fourth-order valence-electron chi connectivity index (χ4n) is 3.88. The summed E-state index contributed by atoms with van der Waals surface area (Å²) in [5.74, 6) is 0. The molecular weight excluding hydrogens is 292 g/mol. The van der Waals surface area contributed by atoms with Gasteiger partial charge in [-0.15, -0.1) is 0 Å². The highest BCUT2D eigenvalue weighted by Crippen LogP contribution is 2.51. The van der Waals surface area contributed by atoms with E-state index in [0.29, 0.717) is 18.6 Å². The van der Waals surface area contributed by atoms with Crippen molar-refractivity contribution in [2.75, 3.05) is 26.3 Å². The maximum Gasteiger partial charge on any atom is 0.0991 e. The molecule has 3 rings (SSSR count). The first kappa shape index (κ1) is 16.4. The summed E-state index contributed by atoms with van der Waals surface area (Å²) in [5.41, 5.74) is 1.78. The number of piperidine rings is 1. The number of ether oxygens (including phenoxy) is 1. The molecule has 5 nitrogen and oxygen atoms in total. The minimum atomic E-state index is -0.275. The number of nitrogens with zero attached hydrogens (tertiary/aromatic N) is 2. The molecule has 1 saturated carbocycles. The van der Waals surface area contributed by atoms with Crippen LogP contribution in [0, 0.1) is 16.7 Å². The van der Waals surface area contributed by atoms with Crippen LogP contribution in [0.5, 0.6) is 0 Å². The third kappa shape index (κ3) is 3.26. The van der Waals surface area contributed by atoms with Crippen LogP contribution >= 0.6 is 0 Å². The van der Waals surface area contributed by atoms with Gasteiger partial charge in [0.15, 0.2) is 0 Å². The van der Waals surface area contributed by atoms with Gasteiger partial charge in [-0.2, -0.15) is 5.26 Å². The molecule has 1 spiro atoms. The molecule has 1 aromatic rings. The van der Waals surface area contributed by atoms with E-state index in [-0.39, 0.29) is 24.2 Å². The Morgan fingerprint density at radius 2 is 1.96 bits per heavy atom. The van der Waals surface area contributed by atoms with E-state index in [9.17, 15) is 5.11 Å². The van der Waals surface area contributed by atoms with Crippen molar-refractivity contribution < 1.29 is 14.9 Å². The Labute approximate surface area is 137 Å². The van der Waals surface area contributed by atoms with Crippen molar-refractivity contribution in [2.24, 2.45) is 5.41 Å². The van der Waals surface area contributed by atoms with Gasteiger partial charge in [0, 0.05) is 18.4 Å². The summed E-state index contributed by atoms with van der Waals surface area (Å²) in [4.78, 5) is 2.39. The highest BCUT2D eigenvalue weighted by molar-refractivity contribution is 5.31. The largest absolute Gasteiger partial charge is 0.394 e. The van der Waals surface area contributed by atoms with Gasteiger partial charge >= 0.3 is 0 Å². The van der Waals surface area contributed by atoms with Crippen LogP contribution < -0.4 is 0 Å². The van der Waals surface area contributed by atoms with Gasteiger partial charge in [-0.1, -0.05) is 12.1 Å². The minimum absolute atomic E-state index is 0.0352. The Hall–Kier alpha value is -1.45. The zero-order valence-corrected chi connectivity index (χ0v) is 13.3. The van der Waals surface area contributed by atoms with Crippen LogP contribution in [-0.2, 0) is 11.3 Å². The molecule has 0 unspecified atom stereocenters. The molecule has 2 fully saturated rings. The fourth-order valence-corrected chi connectivity index (χ4v) is 3.88. The van der Waals surface area contributed by atoms with Crippen molar-refractivity contribution in [2.45, 2.75) is 38.0 Å². The summed E-state index contributed by atoms with van der Waals surface area (Å²) in [6.45, 7) is 3.15. The second-order valence-electron chi connectivity index (χ2n) is 6.65. The first-order valence-corrected chi connectivity index (χ1v) is 8.30. The maximum atomic E-state index is 10.2. The van der Waals surface area contributed by atoms with Crippen LogP contribution in [0.4, 0.5) is 0 Å². The van der Waals surface area contributed by atoms with Crippen molar-refractivity contribution >= 4 is 0 Å². The fraction of sp³-hybridized carbons (Fsp3) is 0.611. The van der Waals surface area contributed by atoms with Crippen molar-refractivity contribution in [1.82, 2.24) is 4.90 Å². The lowest BCUT2D eigenvalue weighted by Gasteiger charge is -2.56. The van der Waals surface area contributed by atoms with Gasteiger partial charge in [0.2, 0.25) is 0 Å². The number of nitriles is 1. The third-order valence-electron chi connectivity index (χ3n) is 5.43. The molecule has 2 aliphatic rings. The second-order valence-corrected chi connectivity index (χ2v) is 6.65. The third-order valence-corrected chi connectivity index (χ3v) is 5.43. The monoisotopic (exact) mass is 316 g/mol. The average Bonchev–Trinajstić information content (AvgIpc) is 2.60. The molecule has 2 atom stereocenters. The van der Waals surface area contributed by atoms with Gasteiger partial charge in [-0.05, 0) is 43.6 Å². The number of hydrogen-bond donors (Lipinski definition) is 2. The molecule has 1 aliphatic heterocycles. The minimum Gasteiger partial charge on any atom is -0.394 e. The first-order chi connectivity index (χ1) is 11.2. The Balaban J connectivity index is 1.54. The predicted molar refractivity (Wildman–Crippen MR) is 85.6 cm³/mol. The van der Waals surface area contributed by atoms with Crippen molar-refractivity contribution in [3.05, 3.63) is 35.4 Å². The zero-order chi connectivity index (χ0) is 16.3. The van der Waals surface area contributed by atoms with E-state index >= 15 is 0 Å². The van der Waals surface area contributed by atoms with Crippen molar-refractivity contribution in [3.63, 3.8) is 0 Å². The lowest BCUT2D eigenvalue weighted by molar-refractivity contribution is -0.213. The Kier molecular flexibility index (Phi) is 4.98. The number of aliphatic hydroxyl groups excluding tert-OH is 2. The second kappa shape index (κ2) is 6.98. The topological polar surface area (TPSA) is 76.7 Å². The first-order valence-electron chi connectivity index (χ1n) is 8.30. The zero-order valence-electron chi connectivity index (χ0n) is 13.3. The van der Waals surface area contributed by atoms with Crippen LogP contribution in [-0.4, -0.2) is 53.6 Å². The van der Waals surface area contributed by atoms with E-state index in [1.54, 1.807) is 0 Å². The number of rotatable bonds is 5. The van der Waals surface area contributed by atoms with E-state index in [0.717, 1.165) is 32.5 Å². The smallest absolute Gasteiger partial charge is 0.0991 e. The van der Waals surface area contributed by atoms with Crippen molar-refractivity contribution in [3.8, 4) is 6.07 Å². The van der Waals surface area contributed by atoms with Crippen LogP contribution in [0.1, 0.15) is 30.4 Å². The number of aliphatic hydroxyl groups is 2. The van der Waals surface area contributed by atoms with E-state index in [1.807, 2.05) is 24.3 Å². The summed E-state index contributed by atoms with van der Waals surface area (Å²) < 4.78 is 5.71. The summed E-state index contributed by atoms with van der Waals surface area (Å²) >= 11 is 0. The molecule has 1 saturated heterocycles. The van der Waals surface area contributed by atoms with Gasteiger partial charge in [0.1, 0.15) is 0 Å². The number of likely N-dealkylation sites (tertiary alicyclic amines) is 1. The molecule has 1 aliphatic carbocycles. The Morgan fingerprint density at radius 3 is 2.52 bits per heavy atom. The van der Waals surface area contributed by atoms with Gasteiger partial charge in [0.25, 0.3) is 0 Å². The lowest BCUT2D eigenvalue weighted by Crippen LogP contribution is -2.62. The predicted octanol–water partition coefficient (Wildman–Crippen LogP) is 1.28. The van der Waals surface area contributed by atoms with Crippen molar-refractivity contribution in [1.29, 1.82) is 5.26 Å². The van der Waals surface area contributed by atoms with E-state index in [1.165, 1.54) is 5.56 Å². The molecule has 5 heteroatoms. The van der Waals surface area contributed by atoms with Crippen LogP contribution in [0.2, 0.25) is 0 Å². The molecule has 1 heterocycles. The van der Waals surface area contributed by atoms with Gasteiger partial charge in [0.05, 0.1) is 37.1 Å². The standard InChI is InChI=1S/C18H24N2O3/c19-12-14-1-3-15(4-2-14)13-20-7-5-18(6-8-20)16(22)11-17(18)23-10-9-21/h1-4,16-17,21-22H,5-11,13H2/t16-,17+/m0/s1. The molecule has 23 heavy (non-hydrogen) atoms. The number of benzene rings is 1. The molecule has 0 bridgehead atoms. The summed E-state index contributed by atoms with van der Waals surface area (Å²) in [6.07, 6.45) is 2.36. The van der Waals surface area contributed by atoms with E-state index in [4.69, 9.17) is 15.1 Å². The van der Waals surface area contributed by atoms with Gasteiger partial charge in [-0.3, -0.25) is 4.90 Å². The highest BCUT2D eigenvalue weighted by Gasteiger charge is 2.55. The van der Waals surface area contributed by atoms with Gasteiger partial charge in [-0.25, -0.2) is 0 Å². The summed E-state index contributed by atoms with van der Waals surface area (Å²) in [5, 5.41) is 28.0. The quantitative estimate of drug-likeness (QED) is 0.856. The molecule has 0 radical (unpaired) electrons. The maximum absolute atomic E-state index is 10.2. The normalized spacial score (nSPS) is 26.7. The van der Waals surface area contributed by atoms with Gasteiger partial charge < -0.3 is 14.9 Å². The summed E-state index contributed by atoms with van der Waals surface area (Å²) in [7, 11) is 0. The molecule has 124 valence electrons. The van der Waals surface area contributed by atoms with E-state index < -0.39 is 0 Å². The van der Waals surface area contributed by atoms with Crippen LogP contribution in [0.25, 0.3) is 0 Å². The average molecular weight is 316 g/mol. The molecule has 0 amide bonds. The summed E-state index contributed by atoms with van der Waals surface area (Å²) in [6, 6.07) is 9.87. The highest BCUT2D eigenvalue weighted by atomic mass is 16.5.